The number of ether oxygens (including phenoxy) is 1. The van der Waals surface area contributed by atoms with Gasteiger partial charge in [-0.1, -0.05) is 19.4 Å². The molecular weight excluding hydrogens is 609 g/mol. The van der Waals surface area contributed by atoms with Gasteiger partial charge >= 0.3 is 13.5 Å². The zero-order valence-electron chi connectivity index (χ0n) is 25.4. The molecule has 1 aliphatic heterocycles. The van der Waals surface area contributed by atoms with Crippen molar-refractivity contribution in [3.8, 4) is 0 Å². The summed E-state index contributed by atoms with van der Waals surface area (Å²) < 4.78 is 29.3. The van der Waals surface area contributed by atoms with Crippen molar-refractivity contribution in [1.29, 1.82) is 0 Å². The van der Waals surface area contributed by atoms with Crippen molar-refractivity contribution in [3.63, 3.8) is 0 Å². The van der Waals surface area contributed by atoms with Gasteiger partial charge in [0.1, 0.15) is 30.7 Å². The molecule has 45 heavy (non-hydrogen) atoms. The lowest BCUT2D eigenvalue weighted by Gasteiger charge is -2.59. The van der Waals surface area contributed by atoms with Crippen molar-refractivity contribution in [2.75, 3.05) is 18.9 Å². The van der Waals surface area contributed by atoms with E-state index in [2.05, 4.69) is 11.9 Å². The third kappa shape index (κ3) is 5.67. The summed E-state index contributed by atoms with van der Waals surface area (Å²) in [4.78, 5) is 51.6. The topological polar surface area (TPSA) is 221 Å². The van der Waals surface area contributed by atoms with E-state index in [1.807, 2.05) is 6.92 Å². The lowest BCUT2D eigenvalue weighted by molar-refractivity contribution is -0.146. The maximum absolute atomic E-state index is 13.5. The summed E-state index contributed by atoms with van der Waals surface area (Å²) >= 11 is 0. The highest BCUT2D eigenvalue weighted by atomic mass is 31.2. The monoisotopic (exact) mass is 651 g/mol. The first kappa shape index (κ1) is 32.6. The van der Waals surface area contributed by atoms with Crippen LogP contribution in [0.2, 0.25) is 0 Å². The van der Waals surface area contributed by atoms with Gasteiger partial charge in [-0.3, -0.25) is 23.2 Å². The first-order valence-electron chi connectivity index (χ1n) is 15.6. The van der Waals surface area contributed by atoms with Crippen LogP contribution in [0.3, 0.4) is 0 Å². The maximum atomic E-state index is 13.5. The Balaban J connectivity index is 1.06. The molecule has 0 amide bonds. The van der Waals surface area contributed by atoms with E-state index < -0.39 is 68.7 Å². The number of allylic oxidation sites excluding steroid dienone is 1. The fourth-order valence-electron chi connectivity index (χ4n) is 9.38. The second-order valence-electron chi connectivity index (χ2n) is 13.9. The van der Waals surface area contributed by atoms with E-state index in [1.54, 1.807) is 6.08 Å². The van der Waals surface area contributed by atoms with Gasteiger partial charge in [0.05, 0.1) is 12.7 Å². The molecule has 12 atom stereocenters. The first-order chi connectivity index (χ1) is 21.1. The molecule has 0 spiro atoms. The lowest BCUT2D eigenvalue weighted by atomic mass is 9.46. The number of phosphoric acid groups is 1. The number of nitrogen functional groups attached to an aromatic ring is 1. The van der Waals surface area contributed by atoms with E-state index in [4.69, 9.17) is 19.5 Å². The van der Waals surface area contributed by atoms with Crippen LogP contribution in [0, 0.1) is 34.5 Å². The number of phosphoric ester groups is 1. The number of carbonyl (C=O) groups is 2. The third-order valence-corrected chi connectivity index (χ3v) is 12.4. The molecule has 1 unspecified atom stereocenters. The summed E-state index contributed by atoms with van der Waals surface area (Å²) in [6.45, 7) is 2.85. The minimum Gasteiger partial charge on any atom is -0.393 e. The number of ketones is 2. The number of aliphatic hydroxyl groups is 3. The van der Waals surface area contributed by atoms with Crippen molar-refractivity contribution in [2.45, 2.75) is 89.4 Å². The minimum absolute atomic E-state index is 0.0148. The molecule has 1 aromatic rings. The number of nitrogens with zero attached hydrogens (tertiary/aromatic N) is 2. The van der Waals surface area contributed by atoms with Crippen molar-refractivity contribution in [2.24, 2.45) is 34.5 Å². The molecule has 1 aromatic heterocycles. The van der Waals surface area contributed by atoms with Crippen LogP contribution in [0.15, 0.2) is 28.7 Å². The maximum Gasteiger partial charge on any atom is 0.472 e. The summed E-state index contributed by atoms with van der Waals surface area (Å²) in [6.07, 6.45) is 1.26. The third-order valence-electron chi connectivity index (χ3n) is 11.5. The van der Waals surface area contributed by atoms with Gasteiger partial charge in [-0.2, -0.15) is 4.98 Å². The van der Waals surface area contributed by atoms with Crippen LogP contribution >= 0.6 is 7.82 Å². The lowest BCUT2D eigenvalue weighted by Crippen LogP contribution is -2.57. The molecular formula is C30H42N3O11P. The van der Waals surface area contributed by atoms with Gasteiger partial charge in [0.15, 0.2) is 17.8 Å². The van der Waals surface area contributed by atoms with Crippen LogP contribution in [0.5, 0.6) is 0 Å². The zero-order valence-corrected chi connectivity index (χ0v) is 26.3. The van der Waals surface area contributed by atoms with Crippen molar-refractivity contribution in [1.82, 2.24) is 9.55 Å². The van der Waals surface area contributed by atoms with Crippen LogP contribution < -0.4 is 11.4 Å². The molecule has 15 heteroatoms. The van der Waals surface area contributed by atoms with E-state index >= 15 is 0 Å². The summed E-state index contributed by atoms with van der Waals surface area (Å²) in [5.74, 6) is -0.305. The molecule has 5 aliphatic rings. The Kier molecular flexibility index (Phi) is 8.52. The Morgan fingerprint density at radius 2 is 1.91 bits per heavy atom. The van der Waals surface area contributed by atoms with E-state index in [-0.39, 0.29) is 40.6 Å². The molecule has 248 valence electrons. The summed E-state index contributed by atoms with van der Waals surface area (Å²) in [5.41, 5.74) is 5.05. The number of carbonyl (C=O) groups excluding carboxylic acids is 2. The molecule has 6 N–H and O–H groups in total. The Bertz CT molecular complexity index is 1500. The SMILES string of the molecule is C[C@]12C[C@H](O)[C@@H]3[C@H](CCC4=CC(=O)CC[C@@]43C)[C@H]1CC[C@H]2C(=O)COP(=O)(O)OC[C@@H]1O[C@H](n2ccc(N)nc2=O)[C@H](O)[C@@H]1O. The van der Waals surface area contributed by atoms with Gasteiger partial charge in [0.2, 0.25) is 0 Å². The number of rotatable bonds is 8. The van der Waals surface area contributed by atoms with Crippen LogP contribution in [0.4, 0.5) is 5.82 Å². The predicted octanol–water partition coefficient (Wildman–Crippen LogP) is 1.27. The molecule has 6 rings (SSSR count). The first-order valence-corrected chi connectivity index (χ1v) is 17.1. The highest BCUT2D eigenvalue weighted by Gasteiger charge is 2.63. The highest BCUT2D eigenvalue weighted by molar-refractivity contribution is 7.47. The average Bonchev–Trinajstić information content (AvgIpc) is 3.46. The smallest absolute Gasteiger partial charge is 0.393 e. The number of fused-ring (bicyclic) bond motifs is 5. The molecule has 3 saturated carbocycles. The molecule has 2 heterocycles. The van der Waals surface area contributed by atoms with Crippen LogP contribution in [0.25, 0.3) is 0 Å². The van der Waals surface area contributed by atoms with Gasteiger partial charge in [-0.25, -0.2) is 9.36 Å². The second kappa shape index (κ2) is 11.7. The van der Waals surface area contributed by atoms with E-state index in [1.165, 1.54) is 12.3 Å². The molecule has 0 bridgehead atoms. The number of aliphatic hydroxyl groups excluding tert-OH is 3. The number of Topliss-reactive ketones (excluding diaryl/α,β-unsaturated/α-hetero) is 1. The van der Waals surface area contributed by atoms with Gasteiger partial charge in [-0.15, -0.1) is 0 Å². The van der Waals surface area contributed by atoms with Gasteiger partial charge in [-0.05, 0) is 79.3 Å². The molecule has 4 aliphatic carbocycles. The van der Waals surface area contributed by atoms with E-state index in [0.717, 1.165) is 35.8 Å². The second-order valence-corrected chi connectivity index (χ2v) is 15.3. The Hall–Kier alpha value is -2.29. The number of anilines is 1. The highest BCUT2D eigenvalue weighted by Crippen LogP contribution is 2.66. The molecule has 4 fully saturated rings. The van der Waals surface area contributed by atoms with E-state index in [0.29, 0.717) is 19.3 Å². The number of hydrogen-bond acceptors (Lipinski definition) is 12. The van der Waals surface area contributed by atoms with Crippen LogP contribution in [-0.4, -0.2) is 79.0 Å². The molecule has 0 aromatic carbocycles. The quantitative estimate of drug-likeness (QED) is 0.250. The Morgan fingerprint density at radius 1 is 1.16 bits per heavy atom. The number of nitrogens with two attached hydrogens (primary N) is 1. The number of aromatic nitrogens is 2. The average molecular weight is 652 g/mol. The largest absolute Gasteiger partial charge is 0.472 e. The zero-order chi connectivity index (χ0) is 32.5. The summed E-state index contributed by atoms with van der Waals surface area (Å²) in [7, 11) is -4.79. The summed E-state index contributed by atoms with van der Waals surface area (Å²) in [6, 6.07) is 1.31. The van der Waals surface area contributed by atoms with E-state index in [9.17, 15) is 39.2 Å². The Morgan fingerprint density at radius 3 is 2.64 bits per heavy atom. The summed E-state index contributed by atoms with van der Waals surface area (Å²) in [5, 5.41) is 32.4. The van der Waals surface area contributed by atoms with Crippen LogP contribution in [0.1, 0.15) is 65.0 Å². The standard InChI is InChI=1S/C30H42N3O11P/c1-29-9-7-16(34)11-15(29)3-4-17-18-5-6-19(30(18,2)12-20(35)24(17)29)21(36)13-42-45(40,41)43-14-22-25(37)26(38)27(44-22)33-10-8-23(31)32-28(33)39/h8,10-11,17-20,22,24-27,35,37-38H,3-7,9,12-14H2,1-2H3,(H,40,41)(H2,31,32,39)/t17-,18-,19+,20+,22+,24+,25-,26-,27+,29+,30+/m1/s1. The minimum atomic E-state index is -4.79. The Labute approximate surface area is 260 Å². The molecule has 0 radical (unpaired) electrons. The molecule has 14 nitrogen and oxygen atoms in total. The van der Waals surface area contributed by atoms with Gasteiger partial charge in [0, 0.05) is 18.5 Å². The fraction of sp³-hybridized carbons (Fsp3) is 0.733. The van der Waals surface area contributed by atoms with Crippen molar-refractivity contribution < 1.29 is 48.2 Å². The van der Waals surface area contributed by atoms with Crippen molar-refractivity contribution in [3.05, 3.63) is 34.4 Å². The predicted molar refractivity (Wildman–Crippen MR) is 157 cm³/mol. The van der Waals surface area contributed by atoms with Gasteiger partial charge < -0.3 is 30.7 Å². The molecule has 1 saturated heterocycles. The van der Waals surface area contributed by atoms with Crippen molar-refractivity contribution >= 4 is 25.2 Å². The van der Waals surface area contributed by atoms with Gasteiger partial charge in [0.25, 0.3) is 0 Å². The normalized spacial score (nSPS) is 42.3. The number of hydrogen-bond donors (Lipinski definition) is 5. The fourth-order valence-corrected chi connectivity index (χ4v) is 10.1. The van der Waals surface area contributed by atoms with Crippen LogP contribution in [-0.2, 0) is 27.9 Å².